The summed E-state index contributed by atoms with van der Waals surface area (Å²) in [6.45, 7) is 6.77. The van der Waals surface area contributed by atoms with Gasteiger partial charge in [-0.25, -0.2) is 4.98 Å². The van der Waals surface area contributed by atoms with E-state index < -0.39 is 0 Å². The first kappa shape index (κ1) is 23.5. The van der Waals surface area contributed by atoms with Crippen molar-refractivity contribution in [3.05, 3.63) is 65.9 Å². The van der Waals surface area contributed by atoms with Crippen LogP contribution in [-0.4, -0.2) is 78.5 Å². The first-order chi connectivity index (χ1) is 17.1. The summed E-state index contributed by atoms with van der Waals surface area (Å²) < 4.78 is 0. The lowest BCUT2D eigenvalue weighted by atomic mass is 9.97. The highest BCUT2D eigenvalue weighted by Crippen LogP contribution is 2.21. The third kappa shape index (κ3) is 6.48. The Balaban J connectivity index is 1.08. The SMILES string of the molecule is O=C(NC1CC1)c1ccc(/C=C/C(=O)N2CCCC(CN3CCN(c4ccccn4)CC3)C2)cc1. The van der Waals surface area contributed by atoms with Gasteiger partial charge in [-0.3, -0.25) is 14.5 Å². The molecule has 1 N–H and O–H groups in total. The standard InChI is InChI=1S/C28H35N5O2/c34-27(13-8-22-6-9-24(10-7-22)28(35)30-25-11-12-25)33-15-3-4-23(21-33)20-31-16-18-32(19-17-31)26-5-1-2-14-29-26/h1-2,5-10,13-14,23,25H,3-4,11-12,15-21H2,(H,30,35)/b13-8+. The van der Waals surface area contributed by atoms with Crippen molar-refractivity contribution < 1.29 is 9.59 Å². The van der Waals surface area contributed by atoms with E-state index in [-0.39, 0.29) is 11.8 Å². The van der Waals surface area contributed by atoms with Gasteiger partial charge in [0.2, 0.25) is 5.91 Å². The lowest BCUT2D eigenvalue weighted by molar-refractivity contribution is -0.127. The van der Waals surface area contributed by atoms with Crippen LogP contribution in [0, 0.1) is 5.92 Å². The highest BCUT2D eigenvalue weighted by atomic mass is 16.2. The predicted octanol–water partition coefficient (Wildman–Crippen LogP) is 3.05. The number of hydrogen-bond acceptors (Lipinski definition) is 5. The number of piperazine rings is 1. The second-order valence-corrected chi connectivity index (χ2v) is 9.97. The Bertz CT molecular complexity index is 1030. The Morgan fingerprint density at radius 1 is 0.971 bits per heavy atom. The number of amides is 2. The van der Waals surface area contributed by atoms with Crippen molar-refractivity contribution in [2.45, 2.75) is 31.7 Å². The average molecular weight is 474 g/mol. The zero-order valence-corrected chi connectivity index (χ0v) is 20.3. The van der Waals surface area contributed by atoms with E-state index in [4.69, 9.17) is 0 Å². The van der Waals surface area contributed by atoms with Crippen molar-refractivity contribution in [1.82, 2.24) is 20.1 Å². The molecule has 0 bridgehead atoms. The maximum absolute atomic E-state index is 12.9. The van der Waals surface area contributed by atoms with Gasteiger partial charge >= 0.3 is 0 Å². The van der Waals surface area contributed by atoms with E-state index in [0.717, 1.165) is 76.5 Å². The second-order valence-electron chi connectivity index (χ2n) is 9.97. The molecule has 1 saturated carbocycles. The summed E-state index contributed by atoms with van der Waals surface area (Å²) in [7, 11) is 0. The third-order valence-electron chi connectivity index (χ3n) is 7.20. The van der Waals surface area contributed by atoms with Crippen LogP contribution in [0.15, 0.2) is 54.7 Å². The average Bonchev–Trinajstić information content (AvgIpc) is 3.73. The molecule has 1 unspecified atom stereocenters. The first-order valence-electron chi connectivity index (χ1n) is 12.9. The van der Waals surface area contributed by atoms with Gasteiger partial charge in [0, 0.05) is 69.7 Å². The number of likely N-dealkylation sites (tertiary alicyclic amines) is 1. The molecule has 2 amide bonds. The van der Waals surface area contributed by atoms with Crippen LogP contribution in [-0.2, 0) is 4.79 Å². The van der Waals surface area contributed by atoms with Gasteiger partial charge in [-0.1, -0.05) is 18.2 Å². The van der Waals surface area contributed by atoms with Crippen molar-refractivity contribution in [3.63, 3.8) is 0 Å². The maximum Gasteiger partial charge on any atom is 0.251 e. The summed E-state index contributed by atoms with van der Waals surface area (Å²) in [5.74, 6) is 1.64. The molecule has 7 nitrogen and oxygen atoms in total. The van der Waals surface area contributed by atoms with Gasteiger partial charge in [0.05, 0.1) is 0 Å². The largest absolute Gasteiger partial charge is 0.354 e. The zero-order chi connectivity index (χ0) is 24.0. The Morgan fingerprint density at radius 3 is 2.49 bits per heavy atom. The molecule has 35 heavy (non-hydrogen) atoms. The molecule has 2 aliphatic heterocycles. The Hall–Kier alpha value is -3.19. The Kier molecular flexibility index (Phi) is 7.42. The van der Waals surface area contributed by atoms with E-state index in [1.54, 1.807) is 6.08 Å². The smallest absolute Gasteiger partial charge is 0.251 e. The van der Waals surface area contributed by atoms with Gasteiger partial charge in [0.25, 0.3) is 5.91 Å². The Morgan fingerprint density at radius 2 is 1.77 bits per heavy atom. The van der Waals surface area contributed by atoms with Gasteiger partial charge < -0.3 is 15.1 Å². The predicted molar refractivity (Wildman–Crippen MR) is 138 cm³/mol. The molecule has 1 aromatic heterocycles. The summed E-state index contributed by atoms with van der Waals surface area (Å²) in [5, 5.41) is 3.00. The lowest BCUT2D eigenvalue weighted by Gasteiger charge is -2.39. The molecule has 3 aliphatic rings. The fraction of sp³-hybridized carbons (Fsp3) is 0.464. The fourth-order valence-electron chi connectivity index (χ4n) is 4.99. The molecule has 184 valence electrons. The van der Waals surface area contributed by atoms with E-state index in [1.807, 2.05) is 53.6 Å². The summed E-state index contributed by atoms with van der Waals surface area (Å²) in [6.07, 6.45) is 9.77. The number of carbonyl (C=O) groups excluding carboxylic acids is 2. The second kappa shape index (κ2) is 11.0. The number of piperidine rings is 1. The van der Waals surface area contributed by atoms with Gasteiger partial charge in [0.1, 0.15) is 5.82 Å². The summed E-state index contributed by atoms with van der Waals surface area (Å²) in [4.78, 5) is 36.4. The van der Waals surface area contributed by atoms with E-state index in [1.165, 1.54) is 6.42 Å². The number of carbonyl (C=O) groups is 2. The van der Waals surface area contributed by atoms with Crippen LogP contribution in [0.4, 0.5) is 5.82 Å². The Labute approximate surface area is 207 Å². The number of pyridine rings is 1. The molecule has 5 rings (SSSR count). The van der Waals surface area contributed by atoms with Gasteiger partial charge in [-0.15, -0.1) is 0 Å². The molecule has 0 radical (unpaired) electrons. The monoisotopic (exact) mass is 473 g/mol. The molecule has 7 heteroatoms. The first-order valence-corrected chi connectivity index (χ1v) is 12.9. The number of nitrogens with zero attached hydrogens (tertiary/aromatic N) is 4. The van der Waals surface area contributed by atoms with E-state index in [0.29, 0.717) is 17.5 Å². The van der Waals surface area contributed by atoms with Crippen molar-refractivity contribution >= 4 is 23.7 Å². The minimum Gasteiger partial charge on any atom is -0.354 e. The highest BCUT2D eigenvalue weighted by Gasteiger charge is 2.26. The number of aromatic nitrogens is 1. The van der Waals surface area contributed by atoms with Crippen molar-refractivity contribution in [3.8, 4) is 0 Å². The molecule has 1 aliphatic carbocycles. The molecule has 3 fully saturated rings. The molecule has 3 heterocycles. The molecule has 1 aromatic carbocycles. The number of hydrogen-bond donors (Lipinski definition) is 1. The van der Waals surface area contributed by atoms with E-state index in [2.05, 4.69) is 26.2 Å². The lowest BCUT2D eigenvalue weighted by Crippen LogP contribution is -2.50. The summed E-state index contributed by atoms with van der Waals surface area (Å²) in [6, 6.07) is 13.9. The van der Waals surface area contributed by atoms with Crippen molar-refractivity contribution in [1.29, 1.82) is 0 Å². The maximum atomic E-state index is 12.9. The van der Waals surface area contributed by atoms with Gasteiger partial charge in [0.15, 0.2) is 0 Å². The van der Waals surface area contributed by atoms with Crippen molar-refractivity contribution in [2.24, 2.45) is 5.92 Å². The van der Waals surface area contributed by atoms with E-state index >= 15 is 0 Å². The number of anilines is 1. The quantitative estimate of drug-likeness (QED) is 0.626. The van der Waals surface area contributed by atoms with Crippen molar-refractivity contribution in [2.75, 3.05) is 50.7 Å². The van der Waals surface area contributed by atoms with Crippen LogP contribution < -0.4 is 10.2 Å². The van der Waals surface area contributed by atoms with Crippen LogP contribution in [0.2, 0.25) is 0 Å². The molecular weight excluding hydrogens is 438 g/mol. The van der Waals surface area contributed by atoms with Crippen LogP contribution in [0.3, 0.4) is 0 Å². The van der Waals surface area contributed by atoms with Gasteiger partial charge in [-0.2, -0.15) is 0 Å². The fourth-order valence-corrected chi connectivity index (χ4v) is 4.99. The van der Waals surface area contributed by atoms with Crippen LogP contribution in [0.5, 0.6) is 0 Å². The molecule has 2 saturated heterocycles. The summed E-state index contributed by atoms with van der Waals surface area (Å²) >= 11 is 0. The van der Waals surface area contributed by atoms with E-state index in [9.17, 15) is 9.59 Å². The summed E-state index contributed by atoms with van der Waals surface area (Å²) in [5.41, 5.74) is 1.60. The molecule has 2 aromatic rings. The van der Waals surface area contributed by atoms with Crippen LogP contribution >= 0.6 is 0 Å². The van der Waals surface area contributed by atoms with Crippen LogP contribution in [0.25, 0.3) is 6.08 Å². The number of rotatable bonds is 7. The molecule has 0 spiro atoms. The van der Waals surface area contributed by atoms with Crippen LogP contribution in [0.1, 0.15) is 41.6 Å². The minimum atomic E-state index is -0.0170. The third-order valence-corrected chi connectivity index (χ3v) is 7.20. The molecule has 1 atom stereocenters. The van der Waals surface area contributed by atoms with Gasteiger partial charge in [-0.05, 0) is 67.5 Å². The highest BCUT2D eigenvalue weighted by molar-refractivity contribution is 5.95. The normalized spacial score (nSPS) is 21.3. The number of nitrogens with one attached hydrogen (secondary N) is 1. The topological polar surface area (TPSA) is 68.8 Å². The zero-order valence-electron chi connectivity index (χ0n) is 20.3. The minimum absolute atomic E-state index is 0.0170. The molecular formula is C28H35N5O2. The number of benzene rings is 1.